The Morgan fingerprint density at radius 2 is 1.74 bits per heavy atom. The topological polar surface area (TPSA) is 174 Å². The van der Waals surface area contributed by atoms with E-state index < -0.39 is 23.9 Å². The number of nitrogens with zero attached hydrogens (tertiary/aromatic N) is 1. The van der Waals surface area contributed by atoms with Gasteiger partial charge < -0.3 is 37.7 Å². The zero-order valence-corrected chi connectivity index (χ0v) is 24.3. The molecule has 43 heavy (non-hydrogen) atoms. The normalized spacial score (nSPS) is 14.1. The zero-order chi connectivity index (χ0) is 30.9. The summed E-state index contributed by atoms with van der Waals surface area (Å²) >= 11 is 12.8. The molecule has 0 fully saturated rings. The first-order valence-corrected chi connectivity index (χ1v) is 13.9. The third kappa shape index (κ3) is 8.43. The van der Waals surface area contributed by atoms with Gasteiger partial charge in [0.15, 0.2) is 5.96 Å². The van der Waals surface area contributed by atoms with Gasteiger partial charge in [0, 0.05) is 41.8 Å². The Morgan fingerprint density at radius 3 is 2.42 bits per heavy atom. The van der Waals surface area contributed by atoms with E-state index in [0.29, 0.717) is 34.0 Å². The lowest BCUT2D eigenvalue weighted by Crippen LogP contribution is -2.41. The second-order valence-electron chi connectivity index (χ2n) is 9.46. The maximum absolute atomic E-state index is 13.2. The first-order valence-electron chi connectivity index (χ1n) is 13.2. The number of nitrogens with two attached hydrogens (primary N) is 1. The molecule has 11 nitrogen and oxygen atoms in total. The van der Waals surface area contributed by atoms with E-state index in [1.807, 2.05) is 0 Å². The van der Waals surface area contributed by atoms with Gasteiger partial charge in [-0.05, 0) is 47.5 Å². The highest BCUT2D eigenvalue weighted by Crippen LogP contribution is 2.33. The predicted octanol–water partition coefficient (Wildman–Crippen LogP) is 3.23. The minimum absolute atomic E-state index is 0.0580. The number of amides is 3. The van der Waals surface area contributed by atoms with Crippen molar-refractivity contribution in [2.45, 2.75) is 6.17 Å². The molecule has 4 rings (SSSR count). The minimum atomic E-state index is -1.04. The number of alkyl halides is 1. The van der Waals surface area contributed by atoms with Crippen molar-refractivity contribution in [3.8, 4) is 11.1 Å². The lowest BCUT2D eigenvalue weighted by molar-refractivity contribution is -0.120. The first kappa shape index (κ1) is 31.3. The molecule has 0 bridgehead atoms. The molecule has 3 aromatic rings. The number of carbonyl (C=O) groups excluding carboxylic acids is 3. The Morgan fingerprint density at radius 1 is 1.00 bits per heavy atom. The summed E-state index contributed by atoms with van der Waals surface area (Å²) in [7, 11) is 0. The molecular weight excluding hydrogens is 598 g/mol. The van der Waals surface area contributed by atoms with Crippen molar-refractivity contribution in [1.29, 1.82) is 5.41 Å². The van der Waals surface area contributed by atoms with Crippen molar-refractivity contribution in [2.24, 2.45) is 4.99 Å². The Balaban J connectivity index is 1.22. The first-order chi connectivity index (χ1) is 20.6. The van der Waals surface area contributed by atoms with Crippen LogP contribution < -0.4 is 32.3 Å². The van der Waals surface area contributed by atoms with Crippen molar-refractivity contribution in [2.75, 3.05) is 43.8 Å². The van der Waals surface area contributed by atoms with Crippen molar-refractivity contribution in [3.63, 3.8) is 0 Å². The number of anilines is 2. The summed E-state index contributed by atoms with van der Waals surface area (Å²) in [6, 6.07) is 14.9. The molecule has 8 N–H and O–H groups in total. The highest BCUT2D eigenvalue weighted by atomic mass is 35.5. The summed E-state index contributed by atoms with van der Waals surface area (Å²) in [6.07, 6.45) is 0.117. The fourth-order valence-electron chi connectivity index (χ4n) is 4.11. The Bertz CT molecular complexity index is 1560. The molecule has 1 unspecified atom stereocenters. The van der Waals surface area contributed by atoms with E-state index in [-0.39, 0.29) is 48.3 Å². The smallest absolute Gasteiger partial charge is 0.254 e. The third-order valence-electron chi connectivity index (χ3n) is 6.31. The number of carbonyl (C=O) groups is 3. The van der Waals surface area contributed by atoms with Crippen LogP contribution in [0.1, 0.15) is 26.3 Å². The van der Waals surface area contributed by atoms with Crippen molar-refractivity contribution >= 4 is 64.5 Å². The summed E-state index contributed by atoms with van der Waals surface area (Å²) < 4.78 is 13.2. The number of nitrogen functional groups attached to an aromatic ring is 1. The summed E-state index contributed by atoms with van der Waals surface area (Å²) in [4.78, 5) is 41.5. The predicted molar refractivity (Wildman–Crippen MR) is 167 cm³/mol. The second kappa shape index (κ2) is 14.5. The number of hydrogen-bond donors (Lipinski definition) is 7. The van der Waals surface area contributed by atoms with Crippen LogP contribution in [0.25, 0.3) is 11.1 Å². The van der Waals surface area contributed by atoms with Gasteiger partial charge in [0.1, 0.15) is 6.17 Å². The molecule has 1 atom stereocenters. The molecular formula is C29H29Cl2FN8O3. The molecule has 14 heteroatoms. The highest BCUT2D eigenvalue weighted by Gasteiger charge is 2.18. The van der Waals surface area contributed by atoms with Crippen molar-refractivity contribution < 1.29 is 18.8 Å². The number of rotatable bonds is 10. The zero-order valence-electron chi connectivity index (χ0n) is 22.8. The van der Waals surface area contributed by atoms with Crippen LogP contribution in [0, 0.1) is 5.41 Å². The number of guanidine groups is 1. The summed E-state index contributed by atoms with van der Waals surface area (Å²) in [5.41, 5.74) is 9.32. The average molecular weight is 628 g/mol. The maximum Gasteiger partial charge on any atom is 0.254 e. The van der Waals surface area contributed by atoms with E-state index in [1.54, 1.807) is 54.6 Å². The van der Waals surface area contributed by atoms with Crippen LogP contribution >= 0.6 is 23.2 Å². The van der Waals surface area contributed by atoms with Crippen molar-refractivity contribution in [1.82, 2.24) is 21.3 Å². The van der Waals surface area contributed by atoms with Crippen LogP contribution in [0.3, 0.4) is 0 Å². The van der Waals surface area contributed by atoms with E-state index in [2.05, 4.69) is 31.6 Å². The van der Waals surface area contributed by atoms with Gasteiger partial charge in [-0.25, -0.2) is 9.38 Å². The molecule has 1 aliphatic rings. The quantitative estimate of drug-likeness (QED) is 0.103. The number of hydrogen-bond acceptors (Lipinski definition) is 8. The van der Waals surface area contributed by atoms with E-state index in [0.717, 1.165) is 11.8 Å². The molecule has 0 saturated heterocycles. The molecule has 3 aromatic carbocycles. The van der Waals surface area contributed by atoms with Gasteiger partial charge in [0.05, 0.1) is 35.2 Å². The number of nitrogens with one attached hydrogen (secondary N) is 6. The standard InChI is InChI=1S/C29H29Cl2FN8O3/c30-22-9-19(16-4-5-18(12-33)24(34)11-16)10-23(31)26(22)28(43)36-7-6-35-25(41)15-37-27(42)17-2-1-3-21(8-17)40-29-38-13-20(32)14-39-29/h1-5,8-12,20,33H,6-7,13-15,34H2,(H,35,41)(H,36,43)(H,37,42)(H2,38,39,40). The van der Waals surface area contributed by atoms with Crippen LogP contribution in [-0.4, -0.2) is 68.8 Å². The summed E-state index contributed by atoms with van der Waals surface area (Å²) in [5, 5.41) is 21.3. The molecule has 0 aliphatic carbocycles. The van der Waals surface area contributed by atoms with Crippen LogP contribution in [0.2, 0.25) is 10.0 Å². The van der Waals surface area contributed by atoms with Crippen LogP contribution in [0.15, 0.2) is 59.6 Å². The molecule has 0 radical (unpaired) electrons. The van der Waals surface area contributed by atoms with Crippen LogP contribution in [0.5, 0.6) is 0 Å². The van der Waals surface area contributed by atoms with Crippen molar-refractivity contribution in [3.05, 3.63) is 81.3 Å². The van der Waals surface area contributed by atoms with Gasteiger partial charge >= 0.3 is 0 Å². The number of benzene rings is 3. The largest absolute Gasteiger partial charge is 0.398 e. The Labute approximate surface area is 256 Å². The number of halogens is 3. The lowest BCUT2D eigenvalue weighted by Gasteiger charge is -2.18. The second-order valence-corrected chi connectivity index (χ2v) is 10.3. The van der Waals surface area contributed by atoms with E-state index in [1.165, 1.54) is 0 Å². The Hall–Kier alpha value is -4.68. The van der Waals surface area contributed by atoms with Gasteiger partial charge in [-0.1, -0.05) is 41.4 Å². The molecule has 0 spiro atoms. The van der Waals surface area contributed by atoms with Crippen LogP contribution in [-0.2, 0) is 4.79 Å². The molecule has 3 amide bonds. The fourth-order valence-corrected chi connectivity index (χ4v) is 4.77. The Kier molecular flexibility index (Phi) is 10.5. The molecule has 1 aliphatic heterocycles. The monoisotopic (exact) mass is 626 g/mol. The fraction of sp³-hybridized carbons (Fsp3) is 0.207. The molecule has 0 saturated carbocycles. The average Bonchev–Trinajstić information content (AvgIpc) is 2.99. The molecule has 1 heterocycles. The van der Waals surface area contributed by atoms with Gasteiger partial charge in [-0.15, -0.1) is 0 Å². The van der Waals surface area contributed by atoms with Gasteiger partial charge in [-0.3, -0.25) is 14.4 Å². The SMILES string of the molecule is N=Cc1ccc(-c2cc(Cl)c(C(=O)NCCNC(=O)CNC(=O)c3cccc(NC4=NCC(F)CN4)c3)c(Cl)c2)cc1N. The van der Waals surface area contributed by atoms with E-state index >= 15 is 0 Å². The molecule has 0 aromatic heterocycles. The van der Waals surface area contributed by atoms with Gasteiger partial charge in [0.2, 0.25) is 5.91 Å². The van der Waals surface area contributed by atoms with E-state index in [9.17, 15) is 18.8 Å². The minimum Gasteiger partial charge on any atom is -0.398 e. The number of aliphatic imine (C=N–C) groups is 1. The maximum atomic E-state index is 13.2. The van der Waals surface area contributed by atoms with Gasteiger partial charge in [-0.2, -0.15) is 0 Å². The lowest BCUT2D eigenvalue weighted by atomic mass is 10.0. The summed E-state index contributed by atoms with van der Waals surface area (Å²) in [6.45, 7) is 0.118. The van der Waals surface area contributed by atoms with E-state index in [4.69, 9.17) is 34.3 Å². The summed E-state index contributed by atoms with van der Waals surface area (Å²) in [5.74, 6) is -1.02. The third-order valence-corrected chi connectivity index (χ3v) is 6.91. The van der Waals surface area contributed by atoms with Crippen LogP contribution in [0.4, 0.5) is 15.8 Å². The van der Waals surface area contributed by atoms with Gasteiger partial charge in [0.25, 0.3) is 11.8 Å². The molecule has 224 valence electrons. The highest BCUT2D eigenvalue weighted by molar-refractivity contribution is 6.40.